The van der Waals surface area contributed by atoms with Crippen LogP contribution < -0.4 is 0 Å². The van der Waals surface area contributed by atoms with E-state index in [9.17, 15) is 0 Å². The van der Waals surface area contributed by atoms with Gasteiger partial charge in [-0.2, -0.15) is 0 Å². The van der Waals surface area contributed by atoms with Gasteiger partial charge in [0.25, 0.3) is 0 Å². The molecule has 0 bridgehead atoms. The maximum absolute atomic E-state index is 0. The molecule has 0 radical (unpaired) electrons. The second-order valence-corrected chi connectivity index (χ2v) is 0. The molecule has 0 spiro atoms. The molecule has 0 atom stereocenters. The van der Waals surface area contributed by atoms with Crippen LogP contribution in [0.1, 0.15) is 0 Å². The van der Waals surface area contributed by atoms with Crippen molar-refractivity contribution in [2.24, 2.45) is 0 Å². The van der Waals surface area contributed by atoms with Crippen molar-refractivity contribution in [3.05, 3.63) is 0 Å². The zero-order chi connectivity index (χ0) is 0. The maximum atomic E-state index is 0. The molecular formula is H8O4PtTiZr. The van der Waals surface area contributed by atoms with E-state index in [0.29, 0.717) is 0 Å². The van der Waals surface area contributed by atoms with Crippen LogP contribution in [-0.4, -0.2) is 21.9 Å². The summed E-state index contributed by atoms with van der Waals surface area (Å²) in [6.45, 7) is 0. The molecule has 0 heterocycles. The largest absolute Gasteiger partial charge is 0.412 e. The summed E-state index contributed by atoms with van der Waals surface area (Å²) in [6, 6.07) is 0. The molecule has 4 nitrogen and oxygen atoms in total. The first-order chi connectivity index (χ1) is 0. The fourth-order valence-corrected chi connectivity index (χ4v) is 0. The van der Waals surface area contributed by atoms with E-state index < -0.39 is 0 Å². The van der Waals surface area contributed by atoms with E-state index >= 15 is 0 Å². The molecule has 0 aliphatic heterocycles. The van der Waals surface area contributed by atoms with Crippen molar-refractivity contribution >= 4 is 0 Å². The van der Waals surface area contributed by atoms with Crippen LogP contribution in [0, 0.1) is 0 Å². The standard InChI is InChI=1S/4H2O.Pt.Ti.Zr/h4*1H2;;;. The summed E-state index contributed by atoms with van der Waals surface area (Å²) in [4.78, 5) is 0. The van der Waals surface area contributed by atoms with E-state index in [1.165, 1.54) is 0 Å². The fourth-order valence-electron chi connectivity index (χ4n) is 0. The van der Waals surface area contributed by atoms with Gasteiger partial charge in [0.2, 0.25) is 0 Å². The van der Waals surface area contributed by atoms with Gasteiger partial charge in [-0.3, -0.25) is 0 Å². The first-order valence-corrected chi connectivity index (χ1v) is 0. The van der Waals surface area contributed by atoms with Gasteiger partial charge >= 0.3 is 0 Å². The van der Waals surface area contributed by atoms with Gasteiger partial charge in [0.1, 0.15) is 0 Å². The Morgan fingerprint density at radius 3 is 0.571 bits per heavy atom. The van der Waals surface area contributed by atoms with Gasteiger partial charge in [-0.15, -0.1) is 0 Å². The first-order valence-electron chi connectivity index (χ1n) is 0. The van der Waals surface area contributed by atoms with E-state index in [1.54, 1.807) is 0 Å². The van der Waals surface area contributed by atoms with Crippen molar-refractivity contribution in [1.82, 2.24) is 0 Å². The SMILES string of the molecule is O.O.O.O.[Pt].[Ti].[Zr]. The molecule has 7 heteroatoms. The van der Waals surface area contributed by atoms with Gasteiger partial charge in [0, 0.05) is 69.0 Å². The summed E-state index contributed by atoms with van der Waals surface area (Å²) < 4.78 is 0. The molecule has 0 saturated carbocycles. The number of hydrogen-bond acceptors (Lipinski definition) is 0. The quantitative estimate of drug-likeness (QED) is 0.374. The van der Waals surface area contributed by atoms with Crippen molar-refractivity contribution in [3.8, 4) is 0 Å². The van der Waals surface area contributed by atoms with Crippen molar-refractivity contribution in [3.63, 3.8) is 0 Å². The summed E-state index contributed by atoms with van der Waals surface area (Å²) in [7, 11) is 0. The molecule has 0 amide bonds. The third kappa shape index (κ3) is 67.5. The Balaban J connectivity index is 0. The summed E-state index contributed by atoms with van der Waals surface area (Å²) in [5.41, 5.74) is 0. The van der Waals surface area contributed by atoms with Gasteiger partial charge < -0.3 is 21.9 Å². The summed E-state index contributed by atoms with van der Waals surface area (Å²) in [5, 5.41) is 0. The van der Waals surface area contributed by atoms with E-state index in [-0.39, 0.29) is 90.9 Å². The molecule has 0 aliphatic carbocycles. The smallest absolute Gasteiger partial charge is 0 e. The molecule has 0 aromatic rings. The van der Waals surface area contributed by atoms with Crippen LogP contribution >= 0.6 is 0 Å². The summed E-state index contributed by atoms with van der Waals surface area (Å²) in [5.74, 6) is 0. The predicted octanol–water partition coefficient (Wildman–Crippen LogP) is -3.31. The van der Waals surface area contributed by atoms with E-state index in [0.717, 1.165) is 0 Å². The van der Waals surface area contributed by atoms with Crippen LogP contribution in [0.3, 0.4) is 0 Å². The van der Waals surface area contributed by atoms with Crippen LogP contribution in [-0.2, 0) is 69.0 Å². The third-order valence-corrected chi connectivity index (χ3v) is 0. The van der Waals surface area contributed by atoms with E-state index in [1.807, 2.05) is 0 Å². The van der Waals surface area contributed by atoms with Crippen molar-refractivity contribution in [1.29, 1.82) is 0 Å². The van der Waals surface area contributed by atoms with Crippen LogP contribution in [0.15, 0.2) is 0 Å². The van der Waals surface area contributed by atoms with Gasteiger partial charge in [0.15, 0.2) is 0 Å². The Hall–Kier alpha value is 2.13. The Labute approximate surface area is 89.9 Å². The van der Waals surface area contributed by atoms with Crippen molar-refractivity contribution in [2.75, 3.05) is 0 Å². The molecule has 0 saturated heterocycles. The molecule has 0 aromatic heterocycles. The molecule has 50 valence electrons. The van der Waals surface area contributed by atoms with Crippen LogP contribution in [0.4, 0.5) is 0 Å². The minimum Gasteiger partial charge on any atom is -0.412 e. The van der Waals surface area contributed by atoms with Crippen LogP contribution in [0.5, 0.6) is 0 Å². The summed E-state index contributed by atoms with van der Waals surface area (Å²) >= 11 is 0. The molecule has 8 N–H and O–H groups in total. The minimum atomic E-state index is 0. The molecule has 0 aliphatic rings. The van der Waals surface area contributed by atoms with Crippen molar-refractivity contribution in [2.45, 2.75) is 0 Å². The molecule has 7 heavy (non-hydrogen) atoms. The van der Waals surface area contributed by atoms with E-state index in [4.69, 9.17) is 0 Å². The van der Waals surface area contributed by atoms with Gasteiger partial charge in [-0.25, -0.2) is 0 Å². The summed E-state index contributed by atoms with van der Waals surface area (Å²) in [6.07, 6.45) is 0. The van der Waals surface area contributed by atoms with Gasteiger partial charge in [-0.05, 0) is 0 Å². The Kier molecular flexibility index (Phi) is 1740. The molecule has 0 fully saturated rings. The predicted molar refractivity (Wildman–Crippen MR) is 14.5 cm³/mol. The Bertz CT molecular complexity index is 11.7. The Morgan fingerprint density at radius 2 is 0.571 bits per heavy atom. The van der Waals surface area contributed by atoms with Crippen LogP contribution in [0.2, 0.25) is 0 Å². The topological polar surface area (TPSA) is 126 Å². The first kappa shape index (κ1) is 133. The zero-order valence-corrected chi connectivity index (χ0v) is 9.61. The minimum absolute atomic E-state index is 0. The molecule has 0 rings (SSSR count). The average molecular weight is 406 g/mol. The average Bonchev–Trinajstić information content (AvgIpc) is 0. The van der Waals surface area contributed by atoms with Gasteiger partial charge in [-0.1, -0.05) is 0 Å². The molecular weight excluding hydrogens is 398 g/mol. The normalized spacial score (nSPS) is 0. The third-order valence-electron chi connectivity index (χ3n) is 0. The second-order valence-electron chi connectivity index (χ2n) is 0. The van der Waals surface area contributed by atoms with Gasteiger partial charge in [0.05, 0.1) is 0 Å². The number of rotatable bonds is 0. The molecule has 0 unspecified atom stereocenters. The maximum Gasteiger partial charge on any atom is 0 e. The second kappa shape index (κ2) is 91.3. The van der Waals surface area contributed by atoms with Crippen molar-refractivity contribution < 1.29 is 90.9 Å². The number of hydrogen-bond donors (Lipinski definition) is 0. The van der Waals surface area contributed by atoms with Crippen LogP contribution in [0.25, 0.3) is 0 Å². The zero-order valence-electron chi connectivity index (χ0n) is 3.32. The monoisotopic (exact) mass is 405 g/mol. The Morgan fingerprint density at radius 1 is 0.571 bits per heavy atom. The molecule has 0 aromatic carbocycles. The van der Waals surface area contributed by atoms with E-state index in [2.05, 4.69) is 0 Å². The fraction of sp³-hybridized carbons (Fsp3) is 0.